The van der Waals surface area contributed by atoms with Crippen LogP contribution in [0.25, 0.3) is 0 Å². The first-order valence-corrected chi connectivity index (χ1v) is 22.0. The number of sulfone groups is 1. The van der Waals surface area contributed by atoms with Crippen LogP contribution in [0.3, 0.4) is 0 Å². The maximum atomic E-state index is 14.0. The van der Waals surface area contributed by atoms with E-state index in [9.17, 15) is 52.6 Å². The fourth-order valence-corrected chi connectivity index (χ4v) is 11.9. The van der Waals surface area contributed by atoms with Crippen molar-refractivity contribution >= 4 is 45.5 Å². The average molecular weight is 917 g/mol. The predicted molar refractivity (Wildman–Crippen MR) is 208 cm³/mol. The molecule has 3 heterocycles. The molecule has 10 atom stereocenters. The number of hydrogen-bond donors (Lipinski definition) is 2. The Kier molecular flexibility index (Phi) is 12.5. The second kappa shape index (κ2) is 17.3. The van der Waals surface area contributed by atoms with Crippen molar-refractivity contribution in [1.29, 1.82) is 0 Å². The lowest BCUT2D eigenvalue weighted by atomic mass is 9.38. The molecule has 2 bridgehead atoms. The normalized spacial score (nSPS) is 31.5. The summed E-state index contributed by atoms with van der Waals surface area (Å²) in [6.07, 6.45) is -6.16. The van der Waals surface area contributed by atoms with Crippen LogP contribution in [0.2, 0.25) is 0 Å². The highest BCUT2D eigenvalue weighted by atomic mass is 32.2. The number of ketones is 1. The van der Waals surface area contributed by atoms with Crippen LogP contribution in [0.5, 0.6) is 5.88 Å². The molecule has 7 rings (SSSR count). The molecule has 2 aromatic rings. The van der Waals surface area contributed by atoms with Crippen LogP contribution in [0.15, 0.2) is 67.9 Å². The first kappa shape index (κ1) is 46.3. The molecule has 4 fully saturated rings. The minimum atomic E-state index is -4.30. The van der Waals surface area contributed by atoms with Gasteiger partial charge >= 0.3 is 40.8 Å². The van der Waals surface area contributed by atoms with Gasteiger partial charge in [0, 0.05) is 23.8 Å². The minimum absolute atomic E-state index is 0.00994. The van der Waals surface area contributed by atoms with Gasteiger partial charge in [-0.25, -0.2) is 22.8 Å². The number of aliphatic hydroxyl groups is 2. The lowest BCUT2D eigenvalue weighted by Crippen LogP contribution is -2.79. The number of ether oxygens (including phenoxy) is 7. The molecule has 2 saturated heterocycles. The summed E-state index contributed by atoms with van der Waals surface area (Å²) < 4.78 is 69.3. The van der Waals surface area contributed by atoms with E-state index in [1.54, 1.807) is 33.8 Å². The smallest absolute Gasteiger partial charge is 0.414 e. The summed E-state index contributed by atoms with van der Waals surface area (Å²) in [7, 11) is -3.26. The Bertz CT molecular complexity index is 2410. The van der Waals surface area contributed by atoms with Gasteiger partial charge in [0.1, 0.15) is 12.2 Å². The fraction of sp³-hybridized carbons (Fsp3) is 0.571. The number of carbonyl (C=O) groups excluding carboxylic acids is 6. The van der Waals surface area contributed by atoms with Crippen molar-refractivity contribution in [3.63, 3.8) is 0 Å². The molecule has 1 aromatic heterocycles. The third kappa shape index (κ3) is 7.52. The zero-order valence-corrected chi connectivity index (χ0v) is 36.3. The number of aromatic nitrogens is 2. The van der Waals surface area contributed by atoms with E-state index in [-0.39, 0.29) is 61.1 Å². The van der Waals surface area contributed by atoms with E-state index in [4.69, 9.17) is 33.2 Å². The van der Waals surface area contributed by atoms with E-state index in [2.05, 4.69) is 9.79 Å². The first-order valence-electron chi connectivity index (χ1n) is 20.5. The second-order valence-corrected chi connectivity index (χ2v) is 19.0. The van der Waals surface area contributed by atoms with Crippen molar-refractivity contribution in [2.45, 2.75) is 106 Å². The van der Waals surface area contributed by atoms with Crippen molar-refractivity contribution in [1.82, 2.24) is 5.16 Å². The Balaban J connectivity index is 0.984. The van der Waals surface area contributed by atoms with Gasteiger partial charge in [-0.2, -0.15) is 0 Å². The number of nitrogens with zero attached hydrogens (tertiary/aromatic N) is 2. The molecule has 1 spiro atoms. The van der Waals surface area contributed by atoms with Crippen LogP contribution in [0, 0.1) is 33.8 Å². The summed E-state index contributed by atoms with van der Waals surface area (Å²) in [6.45, 7) is 5.99. The van der Waals surface area contributed by atoms with Crippen molar-refractivity contribution in [3.8, 4) is 5.88 Å². The van der Waals surface area contributed by atoms with Crippen molar-refractivity contribution in [2.24, 2.45) is 28.6 Å². The average Bonchev–Trinajstić information content (AvgIpc) is 3.78. The monoisotopic (exact) mass is 916 g/mol. The summed E-state index contributed by atoms with van der Waals surface area (Å²) >= 11 is 0. The highest BCUT2D eigenvalue weighted by Gasteiger charge is 2.85. The molecule has 0 unspecified atom stereocenters. The van der Waals surface area contributed by atoms with Crippen molar-refractivity contribution in [3.05, 3.63) is 58.5 Å². The zero-order chi connectivity index (χ0) is 46.5. The van der Waals surface area contributed by atoms with Crippen LogP contribution in [0.4, 0.5) is 0 Å². The third-order valence-electron chi connectivity index (χ3n) is 13.1. The van der Waals surface area contributed by atoms with E-state index in [0.29, 0.717) is 11.1 Å². The van der Waals surface area contributed by atoms with Crippen LogP contribution in [-0.4, -0.2) is 116 Å². The third-order valence-corrected chi connectivity index (χ3v) is 14.8. The highest BCUT2D eigenvalue weighted by molar-refractivity contribution is 7.91. The molecule has 64 heavy (non-hydrogen) atoms. The molecule has 2 aliphatic heterocycles. The number of hydrogen-bond acceptors (Lipinski definition) is 20. The van der Waals surface area contributed by atoms with Gasteiger partial charge in [-0.3, -0.25) is 19.0 Å². The van der Waals surface area contributed by atoms with Gasteiger partial charge in [-0.15, -0.1) is 0 Å². The summed E-state index contributed by atoms with van der Waals surface area (Å²) in [6, 6.07) is 7.16. The SMILES string of the molecule is COC(=O)[C@]12OC[C@]34[C@H]([C@@H](O)[C@@H]1O)[C@@]1(C)CC(=O)C(OC(=O)CCC(=O)OCCCCOc5no[n+]([O-])c5S(=O)(=O)c5ccccc5)=C(C)[C@@H]1C[C@H]3OC(=O)[C@H](OC(=O)C=C(C)C)[C@@H]24. The maximum Gasteiger partial charge on any atom is 0.414 e. The number of aliphatic hydroxyl groups excluding tert-OH is 2. The second-order valence-electron chi connectivity index (χ2n) is 17.1. The molecule has 346 valence electrons. The lowest BCUT2D eigenvalue weighted by Gasteiger charge is -2.67. The van der Waals surface area contributed by atoms with Crippen LogP contribution in [0.1, 0.15) is 66.2 Å². The van der Waals surface area contributed by atoms with Gasteiger partial charge in [0.15, 0.2) is 11.5 Å². The molecule has 0 amide bonds. The first-order chi connectivity index (χ1) is 30.2. The van der Waals surface area contributed by atoms with E-state index in [0.717, 1.165) is 13.2 Å². The molecular weight excluding hydrogens is 869 g/mol. The Hall–Kier alpha value is -5.71. The fourth-order valence-electron chi connectivity index (χ4n) is 10.6. The van der Waals surface area contributed by atoms with Gasteiger partial charge in [-0.1, -0.05) is 30.7 Å². The Labute approximate surface area is 366 Å². The molecule has 2 saturated carbocycles. The largest absolute Gasteiger partial charge is 0.467 e. The number of Topliss-reactive ketones (excluding diaryl/α,β-unsaturated/α-hetero) is 1. The molecule has 3 aliphatic carbocycles. The number of allylic oxidation sites excluding steroid dienone is 3. The number of methoxy groups -OCH3 is 1. The number of esters is 5. The Morgan fingerprint density at radius 1 is 1.03 bits per heavy atom. The van der Waals surface area contributed by atoms with Gasteiger partial charge < -0.3 is 48.6 Å². The van der Waals surface area contributed by atoms with Crippen LogP contribution < -0.4 is 9.64 Å². The summed E-state index contributed by atoms with van der Waals surface area (Å²) in [5, 5.41) is 38.5. The summed E-state index contributed by atoms with van der Waals surface area (Å²) in [4.78, 5) is 79.5. The predicted octanol–water partition coefficient (Wildman–Crippen LogP) is 1.14. The van der Waals surface area contributed by atoms with Gasteiger partial charge in [0.05, 0.1) is 61.8 Å². The molecule has 5 aliphatic rings. The van der Waals surface area contributed by atoms with Gasteiger partial charge in [0.2, 0.25) is 11.7 Å². The van der Waals surface area contributed by atoms with Crippen molar-refractivity contribution < 1.29 is 90.1 Å². The summed E-state index contributed by atoms with van der Waals surface area (Å²) in [5.74, 6) is -9.32. The maximum absolute atomic E-state index is 14.0. The molecule has 1 aromatic carbocycles. The van der Waals surface area contributed by atoms with E-state index >= 15 is 0 Å². The highest BCUT2D eigenvalue weighted by Crippen LogP contribution is 2.73. The number of benzene rings is 1. The van der Waals surface area contributed by atoms with Crippen LogP contribution >= 0.6 is 0 Å². The molecule has 2 N–H and O–H groups in total. The Morgan fingerprint density at radius 3 is 2.41 bits per heavy atom. The van der Waals surface area contributed by atoms with Gasteiger partial charge in [0.25, 0.3) is 9.84 Å². The zero-order valence-electron chi connectivity index (χ0n) is 35.5. The van der Waals surface area contributed by atoms with Crippen molar-refractivity contribution in [2.75, 3.05) is 26.9 Å². The quantitative estimate of drug-likeness (QED) is 0.0832. The number of unbranched alkanes of at least 4 members (excludes halogenated alkanes) is 1. The molecule has 22 heteroatoms. The number of fused-ring (bicyclic) bond motifs is 2. The van der Waals surface area contributed by atoms with E-state index < -0.39 is 128 Å². The molecule has 21 nitrogen and oxygen atoms in total. The molecular formula is C42H48N2O19S. The van der Waals surface area contributed by atoms with E-state index in [1.165, 1.54) is 24.3 Å². The number of rotatable bonds is 15. The topological polar surface area (TPSA) is 295 Å². The number of carbonyl (C=O) groups is 6. The molecule has 0 radical (unpaired) electrons. The van der Waals surface area contributed by atoms with E-state index in [1.807, 2.05) is 0 Å². The van der Waals surface area contributed by atoms with Gasteiger partial charge in [-0.05, 0) is 74.0 Å². The van der Waals surface area contributed by atoms with Crippen LogP contribution in [-0.2, 0) is 67.0 Å². The summed E-state index contributed by atoms with van der Waals surface area (Å²) in [5.41, 5.74) is -4.18. The standard InChI is InChI=1S/C42H48N2O19S/c1-21(2)17-29(48)62-32-34-41-20-59-42(34,39(52)56-5)35(50)30(49)33(41)40(4)19-25(45)31(22(3)24(40)18-26(41)60-38(32)51)61-28(47)14-13-27(46)57-15-9-10-16-58-36-37(44(53)63-43-36)64(54,55)23-11-7-6-8-12-23/h6-8,11-12,17,24,26,30,32-35,49-50H,9-10,13-16,18-20H2,1-5H3/t24-,26+,30+,32+,33+,34+,35-,40-,41+,42+/m0/s1. The minimum Gasteiger partial charge on any atom is -0.467 e. The lowest BCUT2D eigenvalue weighted by molar-refractivity contribution is -0.832. The Morgan fingerprint density at radius 2 is 1.72 bits per heavy atom.